The van der Waals surface area contributed by atoms with Crippen molar-refractivity contribution in [3.63, 3.8) is 0 Å². The van der Waals surface area contributed by atoms with Crippen molar-refractivity contribution in [2.45, 2.75) is 6.42 Å². The van der Waals surface area contributed by atoms with Crippen LogP contribution in [0.4, 0.5) is 0 Å². The Morgan fingerprint density at radius 1 is 0.489 bits per heavy atom. The van der Waals surface area contributed by atoms with Crippen molar-refractivity contribution < 1.29 is 0 Å². The van der Waals surface area contributed by atoms with Gasteiger partial charge in [-0.2, -0.15) is 52.6 Å². The van der Waals surface area contributed by atoms with E-state index in [0.29, 0.717) is 0 Å². The summed E-state index contributed by atoms with van der Waals surface area (Å²) in [5.41, 5.74) is 1.50. The Morgan fingerprint density at radius 2 is 1.00 bits per heavy atom. The lowest BCUT2D eigenvalue weighted by Crippen LogP contribution is -1.96. The molecule has 0 aliphatic heterocycles. The lowest BCUT2D eigenvalue weighted by Gasteiger charge is -2.11. The summed E-state index contributed by atoms with van der Waals surface area (Å²) in [7, 11) is 0. The summed E-state index contributed by atoms with van der Waals surface area (Å²) in [6, 6.07) is 26.8. The van der Waals surface area contributed by atoms with Gasteiger partial charge in [0, 0.05) is 51.0 Å². The summed E-state index contributed by atoms with van der Waals surface area (Å²) in [4.78, 5) is 0. The number of benzene rings is 2. The minimum Gasteiger partial charge on any atom is -0.193 e. The van der Waals surface area contributed by atoms with E-state index in [4.69, 9.17) is 0 Å². The SMILES string of the molecule is N#CC1=CCC(C#N)=CC(C2=C(C#N)c3cc4c(cc3C2=C(C#N)C#N)C(C#N)=C(c2cc(C#N)cc(C#N)c2)C4=C(C#N)C#N)=C1. The Morgan fingerprint density at radius 3 is 1.45 bits per heavy atom. The van der Waals surface area contributed by atoms with E-state index in [9.17, 15) is 52.6 Å². The predicted molar refractivity (Wildman–Crippen MR) is 164 cm³/mol. The van der Waals surface area contributed by atoms with E-state index in [1.807, 2.05) is 42.5 Å². The number of fused-ring (bicyclic) bond motifs is 2. The zero-order valence-corrected chi connectivity index (χ0v) is 23.8. The molecule has 0 fully saturated rings. The Labute approximate surface area is 268 Å². The Balaban J connectivity index is 1.95. The second kappa shape index (κ2) is 12.0. The molecular weight excluding hydrogens is 584 g/mol. The normalized spacial score (nSPS) is 13.8. The van der Waals surface area contributed by atoms with Crippen LogP contribution in [0.2, 0.25) is 0 Å². The third-order valence-corrected chi connectivity index (χ3v) is 7.63. The summed E-state index contributed by atoms with van der Waals surface area (Å²) in [6.07, 6.45) is 4.60. The molecule has 0 amide bonds. The van der Waals surface area contributed by atoms with Gasteiger partial charge < -0.3 is 0 Å². The molecule has 3 aliphatic carbocycles. The molecule has 0 N–H and O–H groups in total. The molecular formula is C37H10N10. The average molecular weight is 595 g/mol. The molecule has 0 spiro atoms. The van der Waals surface area contributed by atoms with Gasteiger partial charge >= 0.3 is 0 Å². The molecule has 2 aromatic carbocycles. The number of hydrogen-bond acceptors (Lipinski definition) is 10. The monoisotopic (exact) mass is 594 g/mol. The van der Waals surface area contributed by atoms with Crippen LogP contribution in [0.5, 0.6) is 0 Å². The van der Waals surface area contributed by atoms with Gasteiger partial charge in [0.25, 0.3) is 0 Å². The molecule has 0 saturated carbocycles. The van der Waals surface area contributed by atoms with Gasteiger partial charge in [0.15, 0.2) is 0 Å². The fourth-order valence-electron chi connectivity index (χ4n) is 5.75. The van der Waals surface area contributed by atoms with E-state index in [0.717, 1.165) is 0 Å². The fraction of sp³-hybridized carbons (Fsp3) is 0.0270. The first kappa shape index (κ1) is 30.0. The van der Waals surface area contributed by atoms with Crippen LogP contribution in [0.25, 0.3) is 27.9 Å². The Hall–Kier alpha value is -8.48. The van der Waals surface area contributed by atoms with Gasteiger partial charge in [-0.3, -0.25) is 0 Å². The minimum absolute atomic E-state index is 0.0141. The molecule has 2 aromatic rings. The fourth-order valence-corrected chi connectivity index (χ4v) is 5.75. The summed E-state index contributed by atoms with van der Waals surface area (Å²) in [5.74, 6) is 0. The number of nitriles is 10. The van der Waals surface area contributed by atoms with Crippen LogP contribution in [0.3, 0.4) is 0 Å². The van der Waals surface area contributed by atoms with Crippen LogP contribution >= 0.6 is 0 Å². The first-order chi connectivity index (χ1) is 22.9. The van der Waals surface area contributed by atoms with Crippen LogP contribution in [0.15, 0.2) is 82.0 Å². The van der Waals surface area contributed by atoms with Gasteiger partial charge in [0.05, 0.1) is 46.5 Å². The van der Waals surface area contributed by atoms with Crippen LogP contribution in [-0.4, -0.2) is 0 Å². The molecule has 0 bridgehead atoms. The highest BCUT2D eigenvalue weighted by Gasteiger charge is 2.37. The van der Waals surface area contributed by atoms with Crippen LogP contribution in [0.1, 0.15) is 45.4 Å². The molecule has 0 unspecified atom stereocenters. The van der Waals surface area contributed by atoms with Crippen molar-refractivity contribution in [2.24, 2.45) is 0 Å². The largest absolute Gasteiger partial charge is 0.193 e. The topological polar surface area (TPSA) is 238 Å². The molecule has 208 valence electrons. The highest BCUT2D eigenvalue weighted by Crippen LogP contribution is 2.54. The second-order valence-electron chi connectivity index (χ2n) is 9.99. The lowest BCUT2D eigenvalue weighted by molar-refractivity contribution is 1.27. The minimum atomic E-state index is -0.379. The van der Waals surface area contributed by atoms with Crippen molar-refractivity contribution in [1.82, 2.24) is 0 Å². The highest BCUT2D eigenvalue weighted by molar-refractivity contribution is 6.27. The van der Waals surface area contributed by atoms with Gasteiger partial charge in [-0.15, -0.1) is 0 Å². The second-order valence-corrected chi connectivity index (χ2v) is 9.99. The summed E-state index contributed by atoms with van der Waals surface area (Å²) in [5, 5.41) is 99.6. The maximum absolute atomic E-state index is 10.5. The number of hydrogen-bond donors (Lipinski definition) is 0. The maximum Gasteiger partial charge on any atom is 0.138 e. The van der Waals surface area contributed by atoms with Crippen molar-refractivity contribution in [2.75, 3.05) is 0 Å². The maximum atomic E-state index is 10.5. The molecule has 10 nitrogen and oxygen atoms in total. The standard InChI is InChI=1S/C37H10N10/c38-10-20-1-2-21(11-39)5-24(4-20)34-32(18-46)28-8-31-29(9-30(28)36(34)26(14-42)15-43)33(19-47)35(37(31)27(16-44)17-45)25-6-22(12-40)3-23(7-25)13-41/h1,3-9H,2H2. The summed E-state index contributed by atoms with van der Waals surface area (Å²) >= 11 is 0. The van der Waals surface area contributed by atoms with E-state index in [2.05, 4.69) is 18.2 Å². The number of allylic oxidation sites excluding steroid dienone is 14. The molecule has 47 heavy (non-hydrogen) atoms. The van der Waals surface area contributed by atoms with Gasteiger partial charge in [-0.1, -0.05) is 6.08 Å². The number of nitrogens with zero attached hydrogens (tertiary/aromatic N) is 10. The van der Waals surface area contributed by atoms with Crippen LogP contribution in [0, 0.1) is 113 Å². The lowest BCUT2D eigenvalue weighted by atomic mass is 9.89. The van der Waals surface area contributed by atoms with Crippen molar-refractivity contribution in [1.29, 1.82) is 52.6 Å². The zero-order valence-electron chi connectivity index (χ0n) is 23.8. The number of rotatable bonds is 2. The molecule has 3 aliphatic rings. The molecule has 10 heteroatoms. The average Bonchev–Trinajstić information content (AvgIpc) is 3.49. The van der Waals surface area contributed by atoms with Crippen molar-refractivity contribution >= 4 is 27.9 Å². The predicted octanol–water partition coefficient (Wildman–Crippen LogP) is 6.00. The molecule has 5 rings (SSSR count). The Bertz CT molecular complexity index is 2510. The zero-order chi connectivity index (χ0) is 33.8. The van der Waals surface area contributed by atoms with Gasteiger partial charge in [0.2, 0.25) is 0 Å². The Kier molecular flexibility index (Phi) is 7.67. The van der Waals surface area contributed by atoms with Crippen LogP contribution in [-0.2, 0) is 0 Å². The molecule has 0 aromatic heterocycles. The first-order valence-electron chi connectivity index (χ1n) is 13.3. The molecule has 0 heterocycles. The third-order valence-electron chi connectivity index (χ3n) is 7.63. The van der Waals surface area contributed by atoms with E-state index in [1.165, 1.54) is 48.6 Å². The van der Waals surface area contributed by atoms with Gasteiger partial charge in [-0.05, 0) is 64.7 Å². The van der Waals surface area contributed by atoms with Crippen LogP contribution < -0.4 is 0 Å². The van der Waals surface area contributed by atoms with E-state index in [-0.39, 0.29) is 107 Å². The molecule has 0 atom stereocenters. The van der Waals surface area contributed by atoms with Gasteiger partial charge in [0.1, 0.15) is 47.6 Å². The first-order valence-corrected chi connectivity index (χ1v) is 13.3. The highest BCUT2D eigenvalue weighted by atomic mass is 14.4. The van der Waals surface area contributed by atoms with E-state index < -0.39 is 0 Å². The van der Waals surface area contributed by atoms with E-state index >= 15 is 0 Å². The summed E-state index contributed by atoms with van der Waals surface area (Å²) < 4.78 is 0. The van der Waals surface area contributed by atoms with Crippen molar-refractivity contribution in [3.8, 4) is 60.7 Å². The molecule has 0 radical (unpaired) electrons. The third kappa shape index (κ3) is 4.68. The summed E-state index contributed by atoms with van der Waals surface area (Å²) in [6.45, 7) is 0. The van der Waals surface area contributed by atoms with Gasteiger partial charge in [-0.25, -0.2) is 0 Å². The van der Waals surface area contributed by atoms with E-state index in [1.54, 1.807) is 0 Å². The smallest absolute Gasteiger partial charge is 0.138 e. The molecule has 0 saturated heterocycles. The van der Waals surface area contributed by atoms with Crippen molar-refractivity contribution in [3.05, 3.63) is 121 Å². The quantitative estimate of drug-likeness (QED) is 0.367.